The molecule has 2 aliphatic rings. The van der Waals surface area contributed by atoms with E-state index in [0.717, 1.165) is 23.9 Å². The first-order valence-corrected chi connectivity index (χ1v) is 9.71. The molecular formula is C20H40N2. The van der Waals surface area contributed by atoms with Gasteiger partial charge in [0.2, 0.25) is 0 Å². The zero-order valence-corrected chi connectivity index (χ0v) is 16.0. The Kier molecular flexibility index (Phi) is 5.99. The van der Waals surface area contributed by atoms with Gasteiger partial charge in [0.25, 0.3) is 0 Å². The maximum Gasteiger partial charge on any atom is 0.0103 e. The second-order valence-electron chi connectivity index (χ2n) is 9.90. The van der Waals surface area contributed by atoms with Gasteiger partial charge in [-0.05, 0) is 79.1 Å². The van der Waals surface area contributed by atoms with Gasteiger partial charge in [-0.1, -0.05) is 25.7 Å². The fraction of sp³-hybridized carbons (Fsp3) is 1.00. The molecule has 4 atom stereocenters. The van der Waals surface area contributed by atoms with E-state index in [1.165, 1.54) is 51.4 Å². The van der Waals surface area contributed by atoms with E-state index in [9.17, 15) is 0 Å². The van der Waals surface area contributed by atoms with Gasteiger partial charge < -0.3 is 10.6 Å². The molecule has 2 fully saturated rings. The molecule has 0 amide bonds. The third-order valence-electron chi connectivity index (χ3n) is 5.43. The van der Waals surface area contributed by atoms with Gasteiger partial charge in [-0.15, -0.1) is 0 Å². The van der Waals surface area contributed by atoms with E-state index >= 15 is 0 Å². The Morgan fingerprint density at radius 3 is 1.18 bits per heavy atom. The molecule has 0 aromatic carbocycles. The van der Waals surface area contributed by atoms with Crippen molar-refractivity contribution in [2.45, 2.75) is 116 Å². The highest BCUT2D eigenvalue weighted by molar-refractivity contribution is 4.96. The summed E-state index contributed by atoms with van der Waals surface area (Å²) in [7, 11) is 0. The van der Waals surface area contributed by atoms with Crippen LogP contribution in [0.2, 0.25) is 0 Å². The van der Waals surface area contributed by atoms with Crippen LogP contribution >= 0.6 is 0 Å². The molecule has 0 saturated heterocycles. The molecule has 22 heavy (non-hydrogen) atoms. The Bertz CT molecular complexity index is 303. The van der Waals surface area contributed by atoms with E-state index in [1.807, 2.05) is 0 Å². The van der Waals surface area contributed by atoms with Gasteiger partial charge in [-0.25, -0.2) is 0 Å². The van der Waals surface area contributed by atoms with E-state index in [4.69, 9.17) is 0 Å². The monoisotopic (exact) mass is 308 g/mol. The lowest BCUT2D eigenvalue weighted by molar-refractivity contribution is 0.0928. The highest BCUT2D eigenvalue weighted by Crippen LogP contribution is 2.39. The maximum absolute atomic E-state index is 3.96. The molecule has 0 bridgehead atoms. The average molecular weight is 309 g/mol. The Labute approximate surface area is 139 Å². The lowest BCUT2D eigenvalue weighted by atomic mass is 9.68. The van der Waals surface area contributed by atoms with Crippen molar-refractivity contribution < 1.29 is 0 Å². The summed E-state index contributed by atoms with van der Waals surface area (Å²) in [5.74, 6) is 1.74. The summed E-state index contributed by atoms with van der Waals surface area (Å²) in [6, 6.07) is 1.45. The van der Waals surface area contributed by atoms with Crippen molar-refractivity contribution in [3.63, 3.8) is 0 Å². The maximum atomic E-state index is 3.96. The smallest absolute Gasteiger partial charge is 0.0103 e. The molecule has 0 aromatic heterocycles. The minimum atomic E-state index is 0.238. The second-order valence-corrected chi connectivity index (χ2v) is 9.90. The van der Waals surface area contributed by atoms with Crippen LogP contribution in [0, 0.1) is 11.8 Å². The van der Waals surface area contributed by atoms with Crippen LogP contribution < -0.4 is 10.6 Å². The van der Waals surface area contributed by atoms with Crippen molar-refractivity contribution in [3.8, 4) is 0 Å². The molecule has 2 N–H and O–H groups in total. The molecule has 0 spiro atoms. The van der Waals surface area contributed by atoms with E-state index in [2.05, 4.69) is 52.2 Å². The molecule has 4 unspecified atom stereocenters. The largest absolute Gasteiger partial charge is 0.309 e. The van der Waals surface area contributed by atoms with Crippen LogP contribution in [0.4, 0.5) is 0 Å². The first kappa shape index (κ1) is 18.3. The van der Waals surface area contributed by atoms with E-state index in [-0.39, 0.29) is 11.1 Å². The molecule has 2 nitrogen and oxygen atoms in total. The highest BCUT2D eigenvalue weighted by atomic mass is 15.0. The van der Waals surface area contributed by atoms with Crippen LogP contribution in [0.3, 0.4) is 0 Å². The van der Waals surface area contributed by atoms with Crippen LogP contribution in [0.25, 0.3) is 0 Å². The SMILES string of the molecule is CC(C)(C)NC1CCCCC1C1CCCCC1NC(C)(C)C. The Balaban J connectivity index is 2.09. The lowest BCUT2D eigenvalue weighted by Crippen LogP contribution is -2.56. The minimum Gasteiger partial charge on any atom is -0.309 e. The van der Waals surface area contributed by atoms with Crippen molar-refractivity contribution in [2.24, 2.45) is 11.8 Å². The molecule has 0 radical (unpaired) electrons. The topological polar surface area (TPSA) is 24.1 Å². The van der Waals surface area contributed by atoms with Crippen LogP contribution in [-0.4, -0.2) is 23.2 Å². The van der Waals surface area contributed by atoms with E-state index in [1.54, 1.807) is 0 Å². The summed E-state index contributed by atoms with van der Waals surface area (Å²) in [6.07, 6.45) is 11.3. The van der Waals surface area contributed by atoms with Gasteiger partial charge in [0.15, 0.2) is 0 Å². The first-order chi connectivity index (χ1) is 10.2. The quantitative estimate of drug-likeness (QED) is 0.776. The van der Waals surface area contributed by atoms with Crippen LogP contribution in [0.15, 0.2) is 0 Å². The molecular weight excluding hydrogens is 268 g/mol. The van der Waals surface area contributed by atoms with Crippen LogP contribution in [0.5, 0.6) is 0 Å². The third kappa shape index (κ3) is 5.53. The highest BCUT2D eigenvalue weighted by Gasteiger charge is 2.39. The van der Waals surface area contributed by atoms with Gasteiger partial charge in [-0.3, -0.25) is 0 Å². The standard InChI is InChI=1S/C20H40N2/c1-19(2,3)21-17-13-9-7-11-15(17)16-12-8-10-14-18(16)22-20(4,5)6/h15-18,21-22H,7-14H2,1-6H3. The van der Waals surface area contributed by atoms with E-state index in [0.29, 0.717) is 0 Å². The molecule has 2 rings (SSSR count). The van der Waals surface area contributed by atoms with Crippen molar-refractivity contribution in [3.05, 3.63) is 0 Å². The van der Waals surface area contributed by atoms with Gasteiger partial charge in [0.1, 0.15) is 0 Å². The zero-order valence-electron chi connectivity index (χ0n) is 16.0. The summed E-state index contributed by atoms with van der Waals surface area (Å²) in [6.45, 7) is 13.9. The van der Waals surface area contributed by atoms with Gasteiger partial charge >= 0.3 is 0 Å². The predicted molar refractivity (Wildman–Crippen MR) is 97.3 cm³/mol. The van der Waals surface area contributed by atoms with Crippen LogP contribution in [-0.2, 0) is 0 Å². The number of rotatable bonds is 3. The first-order valence-electron chi connectivity index (χ1n) is 9.71. The van der Waals surface area contributed by atoms with Gasteiger partial charge in [-0.2, -0.15) is 0 Å². The Hall–Kier alpha value is -0.0800. The summed E-state index contributed by atoms with van der Waals surface area (Å²) < 4.78 is 0. The number of nitrogens with one attached hydrogen (secondary N) is 2. The van der Waals surface area contributed by atoms with Crippen molar-refractivity contribution in [2.75, 3.05) is 0 Å². The third-order valence-corrected chi connectivity index (χ3v) is 5.43. The second kappa shape index (κ2) is 7.21. The fourth-order valence-corrected chi connectivity index (χ4v) is 4.81. The summed E-state index contributed by atoms with van der Waals surface area (Å²) in [5, 5.41) is 7.92. The molecule has 2 heteroatoms. The zero-order chi connectivity index (χ0) is 16.4. The number of hydrogen-bond donors (Lipinski definition) is 2. The summed E-state index contributed by atoms with van der Waals surface area (Å²) in [5.41, 5.74) is 0.476. The molecule has 2 aliphatic carbocycles. The molecule has 130 valence electrons. The Morgan fingerprint density at radius 2 is 0.864 bits per heavy atom. The van der Waals surface area contributed by atoms with E-state index < -0.39 is 0 Å². The van der Waals surface area contributed by atoms with Gasteiger partial charge in [0.05, 0.1) is 0 Å². The minimum absolute atomic E-state index is 0.238. The number of hydrogen-bond acceptors (Lipinski definition) is 2. The molecule has 0 aliphatic heterocycles. The Morgan fingerprint density at radius 1 is 0.545 bits per heavy atom. The molecule has 2 saturated carbocycles. The molecule has 0 aromatic rings. The van der Waals surface area contributed by atoms with Crippen molar-refractivity contribution in [1.82, 2.24) is 10.6 Å². The van der Waals surface area contributed by atoms with Crippen molar-refractivity contribution >= 4 is 0 Å². The summed E-state index contributed by atoms with van der Waals surface area (Å²) in [4.78, 5) is 0. The lowest BCUT2D eigenvalue weighted by Gasteiger charge is -2.47. The fourth-order valence-electron chi connectivity index (χ4n) is 4.81. The van der Waals surface area contributed by atoms with Gasteiger partial charge in [0, 0.05) is 23.2 Å². The molecule has 0 heterocycles. The average Bonchev–Trinajstić information content (AvgIpc) is 2.36. The van der Waals surface area contributed by atoms with Crippen LogP contribution in [0.1, 0.15) is 92.9 Å². The predicted octanol–water partition coefficient (Wildman–Crippen LogP) is 4.88. The summed E-state index contributed by atoms with van der Waals surface area (Å²) >= 11 is 0. The van der Waals surface area contributed by atoms with Crippen molar-refractivity contribution in [1.29, 1.82) is 0 Å². The normalized spacial score (nSPS) is 34.6.